The first-order valence-corrected chi connectivity index (χ1v) is 13.7. The van der Waals surface area contributed by atoms with E-state index in [1.54, 1.807) is 0 Å². The van der Waals surface area contributed by atoms with Crippen LogP contribution >= 0.6 is 11.8 Å². The highest BCUT2D eigenvalue weighted by atomic mass is 32.2. The summed E-state index contributed by atoms with van der Waals surface area (Å²) in [6.45, 7) is 4.04. The Bertz CT molecular complexity index is 1330. The molecule has 0 radical (unpaired) electrons. The summed E-state index contributed by atoms with van der Waals surface area (Å²) >= 11 is 1.47. The molecule has 5 rings (SSSR count). The topological polar surface area (TPSA) is 59.8 Å². The van der Waals surface area contributed by atoms with Crippen molar-refractivity contribution in [3.63, 3.8) is 0 Å². The number of thioether (sulfide) groups is 1. The minimum absolute atomic E-state index is 0.0272. The van der Waals surface area contributed by atoms with Gasteiger partial charge in [-0.2, -0.15) is 0 Å². The maximum absolute atomic E-state index is 12.8. The van der Waals surface area contributed by atoms with Gasteiger partial charge in [0.2, 0.25) is 5.91 Å². The van der Waals surface area contributed by atoms with Crippen molar-refractivity contribution in [3.8, 4) is 22.5 Å². The highest BCUT2D eigenvalue weighted by Gasteiger charge is 2.24. The van der Waals surface area contributed by atoms with Crippen molar-refractivity contribution in [2.75, 3.05) is 11.1 Å². The van der Waals surface area contributed by atoms with Gasteiger partial charge in [-0.05, 0) is 55.0 Å². The minimum Gasteiger partial charge on any atom is -0.325 e. The molecule has 0 aliphatic heterocycles. The molecular formula is C30H32N4OS. The molecule has 4 aromatic rings. The molecule has 1 aromatic heterocycles. The van der Waals surface area contributed by atoms with Crippen molar-refractivity contribution < 1.29 is 4.79 Å². The van der Waals surface area contributed by atoms with Crippen LogP contribution in [0.5, 0.6) is 0 Å². The zero-order chi connectivity index (χ0) is 24.9. The second-order valence-electron chi connectivity index (χ2n) is 9.57. The Morgan fingerprint density at radius 2 is 1.58 bits per heavy atom. The number of benzene rings is 3. The predicted molar refractivity (Wildman–Crippen MR) is 148 cm³/mol. The van der Waals surface area contributed by atoms with E-state index in [-0.39, 0.29) is 5.91 Å². The summed E-state index contributed by atoms with van der Waals surface area (Å²) in [5.41, 5.74) is 6.49. The molecule has 0 atom stereocenters. The quantitative estimate of drug-likeness (QED) is 0.270. The van der Waals surface area contributed by atoms with Gasteiger partial charge in [-0.1, -0.05) is 97.8 Å². The third-order valence-corrected chi connectivity index (χ3v) is 7.80. The molecule has 1 fully saturated rings. The van der Waals surface area contributed by atoms with E-state index in [1.807, 2.05) is 32.0 Å². The standard InChI is InChI=1S/C30H32N4OS/c1-21-13-14-22(2)27(19-21)31-28(35)20-36-30-33-32-29(34(30)26-11-7-4-8-12-26)25-17-15-24(16-18-25)23-9-5-3-6-10-23/h3,5-6,9-10,13-19,26H,4,7-8,11-12,20H2,1-2H3,(H,31,35). The number of carbonyl (C=O) groups is 1. The molecule has 0 bridgehead atoms. The lowest BCUT2D eigenvalue weighted by molar-refractivity contribution is -0.113. The van der Waals surface area contributed by atoms with Crippen LogP contribution in [0.25, 0.3) is 22.5 Å². The van der Waals surface area contributed by atoms with Crippen molar-refractivity contribution in [2.45, 2.75) is 57.1 Å². The summed E-state index contributed by atoms with van der Waals surface area (Å²) in [5.74, 6) is 1.16. The van der Waals surface area contributed by atoms with Gasteiger partial charge in [0.05, 0.1) is 5.75 Å². The molecule has 1 saturated carbocycles. The molecule has 3 aromatic carbocycles. The molecule has 1 heterocycles. The summed E-state index contributed by atoms with van der Waals surface area (Å²) in [4.78, 5) is 12.8. The van der Waals surface area contributed by atoms with Crippen LogP contribution < -0.4 is 5.32 Å². The Labute approximate surface area is 217 Å². The minimum atomic E-state index is -0.0272. The zero-order valence-corrected chi connectivity index (χ0v) is 21.7. The Hall–Kier alpha value is -3.38. The zero-order valence-electron chi connectivity index (χ0n) is 20.9. The number of rotatable bonds is 7. The third-order valence-electron chi connectivity index (χ3n) is 6.85. The summed E-state index contributed by atoms with van der Waals surface area (Å²) in [6, 6.07) is 25.4. The summed E-state index contributed by atoms with van der Waals surface area (Å²) in [6.07, 6.45) is 5.95. The number of carbonyl (C=O) groups excluding carboxylic acids is 1. The largest absolute Gasteiger partial charge is 0.325 e. The summed E-state index contributed by atoms with van der Waals surface area (Å²) < 4.78 is 2.28. The molecule has 0 spiro atoms. The molecule has 1 aliphatic carbocycles. The summed E-state index contributed by atoms with van der Waals surface area (Å²) in [5, 5.41) is 13.0. The maximum atomic E-state index is 12.8. The lowest BCUT2D eigenvalue weighted by atomic mass is 9.95. The van der Waals surface area contributed by atoms with Crippen LogP contribution in [-0.4, -0.2) is 26.4 Å². The SMILES string of the molecule is Cc1ccc(C)c(NC(=O)CSc2nnc(-c3ccc(-c4ccccc4)cc3)n2C2CCCCC2)c1. The monoisotopic (exact) mass is 496 g/mol. The van der Waals surface area contributed by atoms with Gasteiger partial charge in [-0.3, -0.25) is 9.36 Å². The average molecular weight is 497 g/mol. The first kappa shape index (κ1) is 24.3. The molecule has 184 valence electrons. The van der Waals surface area contributed by atoms with Crippen molar-refractivity contribution in [1.29, 1.82) is 0 Å². The molecule has 0 unspecified atom stereocenters. The normalized spacial score (nSPS) is 14.1. The van der Waals surface area contributed by atoms with Gasteiger partial charge in [0, 0.05) is 17.3 Å². The fraction of sp³-hybridized carbons (Fsp3) is 0.300. The maximum Gasteiger partial charge on any atom is 0.234 e. The second kappa shape index (κ2) is 11.1. The van der Waals surface area contributed by atoms with E-state index in [0.29, 0.717) is 11.8 Å². The van der Waals surface area contributed by atoms with Gasteiger partial charge in [0.15, 0.2) is 11.0 Å². The van der Waals surface area contributed by atoms with Crippen LogP contribution in [0.4, 0.5) is 5.69 Å². The van der Waals surface area contributed by atoms with E-state index in [4.69, 9.17) is 0 Å². The first-order valence-electron chi connectivity index (χ1n) is 12.7. The van der Waals surface area contributed by atoms with Crippen molar-refractivity contribution in [2.24, 2.45) is 0 Å². The van der Waals surface area contributed by atoms with E-state index in [9.17, 15) is 4.79 Å². The number of anilines is 1. The Kier molecular flexibility index (Phi) is 7.52. The lowest BCUT2D eigenvalue weighted by Crippen LogP contribution is -2.17. The molecule has 1 aliphatic rings. The van der Waals surface area contributed by atoms with Gasteiger partial charge in [0.25, 0.3) is 0 Å². The second-order valence-corrected chi connectivity index (χ2v) is 10.5. The Morgan fingerprint density at radius 3 is 2.33 bits per heavy atom. The Balaban J connectivity index is 1.37. The Morgan fingerprint density at radius 1 is 0.889 bits per heavy atom. The van der Waals surface area contributed by atoms with Gasteiger partial charge in [-0.25, -0.2) is 0 Å². The number of amides is 1. The van der Waals surface area contributed by atoms with E-state index in [1.165, 1.54) is 42.2 Å². The number of hydrogen-bond acceptors (Lipinski definition) is 4. The van der Waals surface area contributed by atoms with Gasteiger partial charge in [-0.15, -0.1) is 10.2 Å². The molecule has 1 N–H and O–H groups in total. The molecule has 5 nitrogen and oxygen atoms in total. The van der Waals surface area contributed by atoms with Crippen molar-refractivity contribution in [1.82, 2.24) is 14.8 Å². The third kappa shape index (κ3) is 5.54. The van der Waals surface area contributed by atoms with Crippen LogP contribution in [0.15, 0.2) is 78.0 Å². The van der Waals surface area contributed by atoms with Crippen LogP contribution in [0, 0.1) is 13.8 Å². The number of nitrogens with one attached hydrogen (secondary N) is 1. The van der Waals surface area contributed by atoms with E-state index in [0.717, 1.165) is 46.2 Å². The van der Waals surface area contributed by atoms with Gasteiger partial charge in [0.1, 0.15) is 0 Å². The highest BCUT2D eigenvalue weighted by molar-refractivity contribution is 7.99. The van der Waals surface area contributed by atoms with E-state index >= 15 is 0 Å². The molecule has 1 amide bonds. The smallest absolute Gasteiger partial charge is 0.234 e. The van der Waals surface area contributed by atoms with Gasteiger partial charge >= 0.3 is 0 Å². The first-order chi connectivity index (χ1) is 17.6. The number of hydrogen-bond donors (Lipinski definition) is 1. The fourth-order valence-electron chi connectivity index (χ4n) is 4.87. The average Bonchev–Trinajstić information content (AvgIpc) is 3.35. The lowest BCUT2D eigenvalue weighted by Gasteiger charge is -2.25. The summed E-state index contributed by atoms with van der Waals surface area (Å²) in [7, 11) is 0. The van der Waals surface area contributed by atoms with E-state index < -0.39 is 0 Å². The number of nitrogens with zero attached hydrogens (tertiary/aromatic N) is 3. The van der Waals surface area contributed by atoms with E-state index in [2.05, 4.69) is 74.7 Å². The fourth-order valence-corrected chi connectivity index (χ4v) is 5.68. The van der Waals surface area contributed by atoms with Gasteiger partial charge < -0.3 is 5.32 Å². The molecule has 36 heavy (non-hydrogen) atoms. The molecule has 0 saturated heterocycles. The highest BCUT2D eigenvalue weighted by Crippen LogP contribution is 2.36. The van der Waals surface area contributed by atoms with Crippen molar-refractivity contribution in [3.05, 3.63) is 83.9 Å². The predicted octanol–water partition coefficient (Wildman–Crippen LogP) is 7.46. The van der Waals surface area contributed by atoms with Crippen LogP contribution in [0.3, 0.4) is 0 Å². The number of aryl methyl sites for hydroxylation is 2. The molecule has 6 heteroatoms. The van der Waals surface area contributed by atoms with Crippen LogP contribution in [0.1, 0.15) is 49.3 Å². The van der Waals surface area contributed by atoms with Crippen LogP contribution in [0.2, 0.25) is 0 Å². The van der Waals surface area contributed by atoms with Crippen LogP contribution in [-0.2, 0) is 4.79 Å². The van der Waals surface area contributed by atoms with Crippen molar-refractivity contribution >= 4 is 23.4 Å². The molecular weight excluding hydrogens is 464 g/mol. The number of aromatic nitrogens is 3.